The summed E-state index contributed by atoms with van der Waals surface area (Å²) in [6, 6.07) is 1.03. The first-order valence-corrected chi connectivity index (χ1v) is 8.18. The molecule has 20 heavy (non-hydrogen) atoms. The lowest BCUT2D eigenvalue weighted by Gasteiger charge is -2.29. The second-order valence-corrected chi connectivity index (χ2v) is 7.66. The summed E-state index contributed by atoms with van der Waals surface area (Å²) in [5.74, 6) is 0. The molecular weight excluding hydrogens is 306 g/mol. The number of nitrogens with two attached hydrogens (primary N) is 1. The van der Waals surface area contributed by atoms with Crippen LogP contribution in [0.1, 0.15) is 12.8 Å². The van der Waals surface area contributed by atoms with E-state index < -0.39 is 14.9 Å². The van der Waals surface area contributed by atoms with Gasteiger partial charge >= 0.3 is 5.69 Å². The highest BCUT2D eigenvalue weighted by Gasteiger charge is 2.32. The molecule has 0 amide bonds. The summed E-state index contributed by atoms with van der Waals surface area (Å²) in [5.41, 5.74) is 5.13. The zero-order chi connectivity index (χ0) is 14.9. The summed E-state index contributed by atoms with van der Waals surface area (Å²) in [6.45, 7) is 0.679. The highest BCUT2D eigenvalue weighted by Crippen LogP contribution is 2.36. The molecule has 112 valence electrons. The van der Waals surface area contributed by atoms with Crippen LogP contribution in [0.15, 0.2) is 10.3 Å². The number of hydrogen-bond donors (Lipinski definition) is 1. The third-order valence-electron chi connectivity index (χ3n) is 3.24. The van der Waals surface area contributed by atoms with Crippen molar-refractivity contribution in [3.05, 3.63) is 16.2 Å². The molecule has 1 aliphatic heterocycles. The van der Waals surface area contributed by atoms with Gasteiger partial charge < -0.3 is 10.5 Å². The molecule has 2 heterocycles. The molecule has 1 aromatic rings. The lowest BCUT2D eigenvalue weighted by atomic mass is 10.1. The monoisotopic (exact) mass is 321 g/mol. The maximum Gasteiger partial charge on any atom is 0.304 e. The number of anilines is 1. The van der Waals surface area contributed by atoms with E-state index in [0.717, 1.165) is 17.4 Å². The van der Waals surface area contributed by atoms with E-state index in [9.17, 15) is 18.5 Å². The van der Waals surface area contributed by atoms with Crippen molar-refractivity contribution in [3.63, 3.8) is 0 Å². The Labute approximate surface area is 120 Å². The van der Waals surface area contributed by atoms with Crippen LogP contribution in [0.5, 0.6) is 0 Å². The molecule has 1 aromatic heterocycles. The fraction of sp³-hybridized carbons (Fsp3) is 0.600. The predicted octanol–water partition coefficient (Wildman–Crippen LogP) is 1.04. The third kappa shape index (κ3) is 2.77. The Morgan fingerprint density at radius 3 is 2.55 bits per heavy atom. The molecule has 0 aromatic carbocycles. The number of nitrogen functional groups attached to an aromatic ring is 1. The highest BCUT2D eigenvalue weighted by atomic mass is 32.2. The van der Waals surface area contributed by atoms with Crippen molar-refractivity contribution in [2.24, 2.45) is 0 Å². The summed E-state index contributed by atoms with van der Waals surface area (Å²) in [5, 5.41) is 10.6. The number of piperidine rings is 1. The fourth-order valence-corrected chi connectivity index (χ4v) is 4.92. The number of nitrogens with zero attached hydrogens (tertiary/aromatic N) is 2. The van der Waals surface area contributed by atoms with E-state index >= 15 is 0 Å². The number of hydrogen-bond acceptors (Lipinski definition) is 7. The molecule has 8 nitrogen and oxygen atoms in total. The van der Waals surface area contributed by atoms with Gasteiger partial charge in [0.1, 0.15) is 4.21 Å². The number of thiophene rings is 1. The molecule has 0 saturated carbocycles. The minimum atomic E-state index is -3.72. The first-order valence-electron chi connectivity index (χ1n) is 5.93. The van der Waals surface area contributed by atoms with E-state index in [2.05, 4.69) is 0 Å². The largest absolute Gasteiger partial charge is 0.385 e. The summed E-state index contributed by atoms with van der Waals surface area (Å²) in [7, 11) is -2.12. The van der Waals surface area contributed by atoms with Crippen LogP contribution in [0.2, 0.25) is 0 Å². The Morgan fingerprint density at radius 1 is 1.50 bits per heavy atom. The molecule has 0 bridgehead atoms. The minimum absolute atomic E-state index is 0.0594. The van der Waals surface area contributed by atoms with Crippen molar-refractivity contribution in [2.45, 2.75) is 23.2 Å². The molecular formula is C10H15N3O5S2. The van der Waals surface area contributed by atoms with E-state index in [4.69, 9.17) is 10.5 Å². The van der Waals surface area contributed by atoms with E-state index in [1.807, 2.05) is 0 Å². The van der Waals surface area contributed by atoms with Gasteiger partial charge in [-0.2, -0.15) is 4.31 Å². The van der Waals surface area contributed by atoms with Crippen LogP contribution in [-0.2, 0) is 14.8 Å². The Balaban J connectivity index is 2.23. The molecule has 0 aliphatic carbocycles. The molecule has 2 N–H and O–H groups in total. The van der Waals surface area contributed by atoms with Crippen molar-refractivity contribution in [1.29, 1.82) is 0 Å². The second-order valence-electron chi connectivity index (χ2n) is 4.41. The summed E-state index contributed by atoms with van der Waals surface area (Å²) in [4.78, 5) is 10.0. The number of rotatable bonds is 4. The Hall–Kier alpha value is -1.23. The molecule has 0 radical (unpaired) electrons. The SMILES string of the molecule is COC1CCN(S(=O)(=O)c2cc([N+](=O)[O-])c(N)s2)CC1. The fourth-order valence-electron chi connectivity index (χ4n) is 2.08. The van der Waals surface area contributed by atoms with Crippen LogP contribution < -0.4 is 5.73 Å². The quantitative estimate of drug-likeness (QED) is 0.654. The van der Waals surface area contributed by atoms with E-state index in [0.29, 0.717) is 25.9 Å². The van der Waals surface area contributed by atoms with Gasteiger partial charge in [-0.1, -0.05) is 11.3 Å². The Morgan fingerprint density at radius 2 is 2.10 bits per heavy atom. The van der Waals surface area contributed by atoms with Crippen LogP contribution in [0.4, 0.5) is 10.7 Å². The first-order chi connectivity index (χ1) is 9.36. The van der Waals surface area contributed by atoms with Crippen LogP contribution >= 0.6 is 11.3 Å². The van der Waals surface area contributed by atoms with Crippen molar-refractivity contribution in [2.75, 3.05) is 25.9 Å². The van der Waals surface area contributed by atoms with Gasteiger partial charge in [-0.05, 0) is 12.8 Å². The van der Waals surface area contributed by atoms with Gasteiger partial charge in [-0.15, -0.1) is 0 Å². The van der Waals surface area contributed by atoms with Gasteiger partial charge in [0.05, 0.1) is 11.0 Å². The molecule has 0 spiro atoms. The first kappa shape index (κ1) is 15.2. The summed E-state index contributed by atoms with van der Waals surface area (Å²) in [6.07, 6.45) is 1.28. The summed E-state index contributed by atoms with van der Waals surface area (Å²) < 4.78 is 31.2. The van der Waals surface area contributed by atoms with Crippen LogP contribution in [0.3, 0.4) is 0 Å². The Bertz CT molecular complexity index is 604. The average Bonchev–Trinajstić information content (AvgIpc) is 2.82. The average molecular weight is 321 g/mol. The normalized spacial score (nSPS) is 18.2. The van der Waals surface area contributed by atoms with Crippen molar-refractivity contribution < 1.29 is 18.1 Å². The van der Waals surface area contributed by atoms with Gasteiger partial charge in [0.15, 0.2) is 5.00 Å². The minimum Gasteiger partial charge on any atom is -0.385 e. The van der Waals surface area contributed by atoms with Crippen LogP contribution in [0.25, 0.3) is 0 Å². The van der Waals surface area contributed by atoms with E-state index in [1.54, 1.807) is 7.11 Å². The van der Waals surface area contributed by atoms with E-state index in [1.165, 1.54) is 4.31 Å². The van der Waals surface area contributed by atoms with Gasteiger partial charge in [0.25, 0.3) is 10.0 Å². The smallest absolute Gasteiger partial charge is 0.304 e. The number of methoxy groups -OCH3 is 1. The van der Waals surface area contributed by atoms with Gasteiger partial charge in [-0.25, -0.2) is 8.42 Å². The Kier molecular flexibility index (Phi) is 4.28. The van der Waals surface area contributed by atoms with Crippen molar-refractivity contribution in [3.8, 4) is 0 Å². The van der Waals surface area contributed by atoms with Crippen molar-refractivity contribution >= 4 is 32.0 Å². The maximum absolute atomic E-state index is 12.4. The van der Waals surface area contributed by atoms with Crippen LogP contribution in [-0.4, -0.2) is 43.9 Å². The van der Waals surface area contributed by atoms with E-state index in [-0.39, 0.29) is 21.0 Å². The van der Waals surface area contributed by atoms with Crippen LogP contribution in [0, 0.1) is 10.1 Å². The third-order valence-corrected chi connectivity index (χ3v) is 6.54. The summed E-state index contributed by atoms with van der Waals surface area (Å²) >= 11 is 0.725. The molecule has 1 fully saturated rings. The van der Waals surface area contributed by atoms with Gasteiger partial charge in [0.2, 0.25) is 0 Å². The van der Waals surface area contributed by atoms with Crippen molar-refractivity contribution in [1.82, 2.24) is 4.31 Å². The second kappa shape index (κ2) is 5.64. The molecule has 1 aliphatic rings. The standard InChI is InChI=1S/C10H15N3O5S2/c1-18-7-2-4-12(5-3-7)20(16,17)9-6-8(13(14)15)10(11)19-9/h6-7H,2-5,11H2,1H3. The molecule has 1 saturated heterocycles. The lowest BCUT2D eigenvalue weighted by Crippen LogP contribution is -2.40. The zero-order valence-corrected chi connectivity index (χ0v) is 12.4. The number of ether oxygens (including phenoxy) is 1. The molecule has 10 heteroatoms. The lowest BCUT2D eigenvalue weighted by molar-refractivity contribution is -0.383. The molecule has 2 rings (SSSR count). The van der Waals surface area contributed by atoms with Gasteiger partial charge in [0, 0.05) is 26.3 Å². The predicted molar refractivity (Wildman–Crippen MR) is 74.2 cm³/mol. The highest BCUT2D eigenvalue weighted by molar-refractivity contribution is 7.91. The zero-order valence-electron chi connectivity index (χ0n) is 10.8. The maximum atomic E-state index is 12.4. The number of sulfonamides is 1. The topological polar surface area (TPSA) is 116 Å². The van der Waals surface area contributed by atoms with Gasteiger partial charge in [-0.3, -0.25) is 10.1 Å². The number of nitro groups is 1. The molecule has 0 unspecified atom stereocenters. The molecule has 0 atom stereocenters.